The molecule has 0 unspecified atom stereocenters. The maximum atomic E-state index is 12.5. The lowest BCUT2D eigenvalue weighted by Gasteiger charge is -2.23. The summed E-state index contributed by atoms with van der Waals surface area (Å²) in [4.78, 5) is 12.5. The monoisotopic (exact) mass is 394 g/mol. The highest BCUT2D eigenvalue weighted by Gasteiger charge is 2.23. The predicted octanol–water partition coefficient (Wildman–Crippen LogP) is 3.37. The number of amides is 1. The minimum Gasteiger partial charge on any atom is -0.348 e. The molecular formula is C19H23ClN2O3S. The number of carbonyl (C=O) groups is 1. The number of rotatable bonds is 8. The highest BCUT2D eigenvalue weighted by molar-refractivity contribution is 7.88. The van der Waals surface area contributed by atoms with Crippen LogP contribution in [0.3, 0.4) is 0 Å². The van der Waals surface area contributed by atoms with Gasteiger partial charge < -0.3 is 5.32 Å². The lowest BCUT2D eigenvalue weighted by atomic mass is 10.0. The van der Waals surface area contributed by atoms with Crippen LogP contribution in [0.1, 0.15) is 30.5 Å². The molecule has 0 aliphatic carbocycles. The van der Waals surface area contributed by atoms with Crippen molar-refractivity contribution in [3.63, 3.8) is 0 Å². The highest BCUT2D eigenvalue weighted by atomic mass is 35.5. The van der Waals surface area contributed by atoms with E-state index in [1.54, 1.807) is 24.3 Å². The smallest absolute Gasteiger partial charge is 0.235 e. The normalized spacial score (nSPS) is 12.8. The van der Waals surface area contributed by atoms with Gasteiger partial charge in [-0.3, -0.25) is 4.79 Å². The molecule has 0 aliphatic heterocycles. The predicted molar refractivity (Wildman–Crippen MR) is 104 cm³/mol. The van der Waals surface area contributed by atoms with Crippen molar-refractivity contribution in [1.29, 1.82) is 0 Å². The van der Waals surface area contributed by atoms with Gasteiger partial charge in [-0.15, -0.1) is 0 Å². The van der Waals surface area contributed by atoms with E-state index in [0.717, 1.165) is 16.1 Å². The number of carbonyl (C=O) groups excluding carboxylic acids is 1. The second-order valence-corrected chi connectivity index (χ2v) is 8.45. The summed E-state index contributed by atoms with van der Waals surface area (Å²) in [5.74, 6) is -0.349. The first-order chi connectivity index (χ1) is 12.3. The van der Waals surface area contributed by atoms with E-state index >= 15 is 0 Å². The quantitative estimate of drug-likeness (QED) is 0.746. The third-order valence-electron chi connectivity index (χ3n) is 4.04. The summed E-state index contributed by atoms with van der Waals surface area (Å²) in [5.41, 5.74) is 1.64. The molecule has 5 nitrogen and oxygen atoms in total. The van der Waals surface area contributed by atoms with E-state index in [-0.39, 0.29) is 25.0 Å². The second-order valence-electron chi connectivity index (χ2n) is 6.06. The van der Waals surface area contributed by atoms with E-state index in [1.807, 2.05) is 37.3 Å². The van der Waals surface area contributed by atoms with Crippen molar-refractivity contribution in [3.8, 4) is 0 Å². The molecule has 1 amide bonds. The van der Waals surface area contributed by atoms with Crippen LogP contribution in [0.4, 0.5) is 0 Å². The molecule has 0 fully saturated rings. The molecular weight excluding hydrogens is 372 g/mol. The van der Waals surface area contributed by atoms with E-state index in [4.69, 9.17) is 11.6 Å². The van der Waals surface area contributed by atoms with Crippen molar-refractivity contribution in [2.45, 2.75) is 25.9 Å². The molecule has 0 aliphatic rings. The molecule has 2 rings (SSSR count). The maximum Gasteiger partial charge on any atom is 0.235 e. The first-order valence-electron chi connectivity index (χ1n) is 8.34. The van der Waals surface area contributed by atoms with E-state index in [1.165, 1.54) is 0 Å². The minimum atomic E-state index is -3.57. The summed E-state index contributed by atoms with van der Waals surface area (Å²) in [5, 5.41) is 3.38. The van der Waals surface area contributed by atoms with Crippen molar-refractivity contribution in [1.82, 2.24) is 9.62 Å². The number of hydrogen-bond acceptors (Lipinski definition) is 3. The van der Waals surface area contributed by atoms with Crippen LogP contribution >= 0.6 is 11.6 Å². The fraction of sp³-hybridized carbons (Fsp3) is 0.316. The van der Waals surface area contributed by atoms with Gasteiger partial charge in [0.05, 0.1) is 18.8 Å². The molecule has 0 radical (unpaired) electrons. The second kappa shape index (κ2) is 9.16. The molecule has 26 heavy (non-hydrogen) atoms. The van der Waals surface area contributed by atoms with Gasteiger partial charge in [-0.05, 0) is 23.6 Å². The molecule has 0 saturated heterocycles. The molecule has 1 N–H and O–H groups in total. The zero-order valence-electron chi connectivity index (χ0n) is 14.9. The molecule has 1 atom stereocenters. The summed E-state index contributed by atoms with van der Waals surface area (Å²) in [7, 11) is -3.57. The largest absolute Gasteiger partial charge is 0.348 e. The van der Waals surface area contributed by atoms with Gasteiger partial charge in [-0.1, -0.05) is 67.1 Å². The number of halogens is 1. The Morgan fingerprint density at radius 3 is 2.31 bits per heavy atom. The van der Waals surface area contributed by atoms with Gasteiger partial charge in [0.15, 0.2) is 0 Å². The zero-order chi connectivity index (χ0) is 19.2. The molecule has 0 heterocycles. The summed E-state index contributed by atoms with van der Waals surface area (Å²) >= 11 is 6.12. The van der Waals surface area contributed by atoms with E-state index < -0.39 is 10.0 Å². The third-order valence-corrected chi connectivity index (χ3v) is 5.60. The van der Waals surface area contributed by atoms with Gasteiger partial charge in [-0.25, -0.2) is 8.42 Å². The summed E-state index contributed by atoms with van der Waals surface area (Å²) < 4.78 is 25.3. The topological polar surface area (TPSA) is 66.5 Å². The van der Waals surface area contributed by atoms with E-state index in [9.17, 15) is 13.2 Å². The summed E-state index contributed by atoms with van der Waals surface area (Å²) in [6.45, 7) is 1.76. The van der Waals surface area contributed by atoms with Crippen LogP contribution in [-0.4, -0.2) is 31.4 Å². The summed E-state index contributed by atoms with van der Waals surface area (Å²) in [6, 6.07) is 16.4. The Bertz CT molecular complexity index is 841. The van der Waals surface area contributed by atoms with Crippen molar-refractivity contribution in [2.24, 2.45) is 0 Å². The van der Waals surface area contributed by atoms with Crippen LogP contribution in [0.25, 0.3) is 0 Å². The Kier molecular flexibility index (Phi) is 7.20. The molecule has 0 spiro atoms. The lowest BCUT2D eigenvalue weighted by Crippen LogP contribution is -2.41. The van der Waals surface area contributed by atoms with Crippen molar-refractivity contribution >= 4 is 27.5 Å². The number of nitrogens with zero attached hydrogens (tertiary/aromatic N) is 1. The summed E-state index contributed by atoms with van der Waals surface area (Å²) in [6.07, 6.45) is 1.80. The fourth-order valence-electron chi connectivity index (χ4n) is 2.61. The van der Waals surface area contributed by atoms with Crippen LogP contribution in [0, 0.1) is 0 Å². The van der Waals surface area contributed by atoms with Gasteiger partial charge >= 0.3 is 0 Å². The average Bonchev–Trinajstić information content (AvgIpc) is 2.61. The Balaban J connectivity index is 2.10. The van der Waals surface area contributed by atoms with E-state index in [2.05, 4.69) is 5.32 Å². The van der Waals surface area contributed by atoms with Gasteiger partial charge in [0.1, 0.15) is 0 Å². The van der Waals surface area contributed by atoms with Crippen LogP contribution in [0.15, 0.2) is 54.6 Å². The van der Waals surface area contributed by atoms with Crippen LogP contribution < -0.4 is 5.32 Å². The Morgan fingerprint density at radius 2 is 1.73 bits per heavy atom. The zero-order valence-corrected chi connectivity index (χ0v) is 16.4. The molecule has 0 aromatic heterocycles. The molecule has 140 valence electrons. The van der Waals surface area contributed by atoms with E-state index in [0.29, 0.717) is 17.0 Å². The van der Waals surface area contributed by atoms with Crippen LogP contribution in [0.5, 0.6) is 0 Å². The molecule has 2 aromatic rings. The Morgan fingerprint density at radius 1 is 1.12 bits per heavy atom. The number of hydrogen-bond donors (Lipinski definition) is 1. The molecule has 7 heteroatoms. The highest BCUT2D eigenvalue weighted by Crippen LogP contribution is 2.19. The van der Waals surface area contributed by atoms with Crippen LogP contribution in [0.2, 0.25) is 5.02 Å². The standard InChI is InChI=1S/C19H23ClN2O3S/c1-3-18(15-9-5-4-6-10-15)21-19(23)14-22(26(2,24)25)13-16-11-7-8-12-17(16)20/h4-12,18H,3,13-14H2,1-2H3,(H,21,23)/t18-/m1/s1. The molecule has 0 bridgehead atoms. The molecule has 0 saturated carbocycles. The number of nitrogens with one attached hydrogen (secondary N) is 1. The first-order valence-corrected chi connectivity index (χ1v) is 10.6. The van der Waals surface area contributed by atoms with Crippen molar-refractivity contribution < 1.29 is 13.2 Å². The van der Waals surface area contributed by atoms with Gasteiger partial charge in [0, 0.05) is 11.6 Å². The van der Waals surface area contributed by atoms with Crippen molar-refractivity contribution in [3.05, 3.63) is 70.7 Å². The minimum absolute atomic E-state index is 0.0497. The maximum absolute atomic E-state index is 12.5. The average molecular weight is 395 g/mol. The fourth-order valence-corrected chi connectivity index (χ4v) is 3.53. The SMILES string of the molecule is CC[C@@H](NC(=O)CN(Cc1ccccc1Cl)S(C)(=O)=O)c1ccccc1. The van der Waals surface area contributed by atoms with Gasteiger partial charge in [-0.2, -0.15) is 4.31 Å². The Hall–Kier alpha value is -1.89. The number of sulfonamides is 1. The van der Waals surface area contributed by atoms with Crippen LogP contribution in [-0.2, 0) is 21.4 Å². The van der Waals surface area contributed by atoms with Crippen molar-refractivity contribution in [2.75, 3.05) is 12.8 Å². The lowest BCUT2D eigenvalue weighted by molar-refractivity contribution is -0.122. The number of benzene rings is 2. The third kappa shape index (κ3) is 5.83. The Labute approximate surface area is 160 Å². The van der Waals surface area contributed by atoms with Gasteiger partial charge in [0.2, 0.25) is 15.9 Å². The molecule has 2 aromatic carbocycles. The first kappa shape index (κ1) is 20.4. The van der Waals surface area contributed by atoms with Gasteiger partial charge in [0.25, 0.3) is 0 Å².